The van der Waals surface area contributed by atoms with Crippen LogP contribution in [0.2, 0.25) is 0 Å². The monoisotopic (exact) mass is 249 g/mol. The first-order valence-corrected chi connectivity index (χ1v) is 7.61. The Labute approximate surface area is 109 Å². The molecule has 1 saturated carbocycles. The van der Waals surface area contributed by atoms with Gasteiger partial charge in [-0.3, -0.25) is 0 Å². The lowest BCUT2D eigenvalue weighted by Gasteiger charge is -2.23. The highest BCUT2D eigenvalue weighted by Gasteiger charge is 2.23. The highest BCUT2D eigenvalue weighted by atomic mass is 32.2. The zero-order valence-electron chi connectivity index (χ0n) is 10.7. The molecule has 17 heavy (non-hydrogen) atoms. The fourth-order valence-corrected chi connectivity index (χ4v) is 3.93. The minimum absolute atomic E-state index is 0.712. The van der Waals surface area contributed by atoms with Gasteiger partial charge in [0.15, 0.2) is 0 Å². The summed E-state index contributed by atoms with van der Waals surface area (Å²) in [5, 5.41) is 0.727. The number of hydrogen-bond donors (Lipinski definition) is 1. The molecule has 1 aromatic carbocycles. The topological polar surface area (TPSA) is 26.0 Å². The highest BCUT2D eigenvalue weighted by Crippen LogP contribution is 2.36. The Morgan fingerprint density at radius 3 is 2.53 bits per heavy atom. The van der Waals surface area contributed by atoms with Crippen molar-refractivity contribution in [1.82, 2.24) is 0 Å². The molecule has 1 aliphatic rings. The second-order valence-corrected chi connectivity index (χ2v) is 6.42. The standard InChI is InChI=1S/C15H23NS/c1-12-7-9-14(10-8-12)17-15-6-4-2-3-5-13(15)11-16/h7-10,13,15H,2-6,11,16H2,1H3. The molecule has 0 spiro atoms. The van der Waals surface area contributed by atoms with E-state index < -0.39 is 0 Å². The third-order valence-corrected chi connectivity index (χ3v) is 5.17. The molecule has 0 radical (unpaired) electrons. The van der Waals surface area contributed by atoms with Gasteiger partial charge in [0.05, 0.1) is 0 Å². The first kappa shape index (κ1) is 13.0. The van der Waals surface area contributed by atoms with Crippen molar-refractivity contribution in [3.05, 3.63) is 29.8 Å². The Morgan fingerprint density at radius 2 is 1.82 bits per heavy atom. The summed E-state index contributed by atoms with van der Waals surface area (Å²) in [6, 6.07) is 8.91. The lowest BCUT2D eigenvalue weighted by molar-refractivity contribution is 0.483. The van der Waals surface area contributed by atoms with Crippen molar-refractivity contribution in [2.24, 2.45) is 11.7 Å². The predicted octanol–water partition coefficient (Wildman–Crippen LogP) is 3.99. The van der Waals surface area contributed by atoms with Crippen LogP contribution in [0.3, 0.4) is 0 Å². The second-order valence-electron chi connectivity index (χ2n) is 5.10. The number of benzene rings is 1. The second kappa shape index (κ2) is 6.46. The molecule has 1 fully saturated rings. The van der Waals surface area contributed by atoms with E-state index in [0.717, 1.165) is 11.8 Å². The molecule has 1 nitrogen and oxygen atoms in total. The van der Waals surface area contributed by atoms with Crippen molar-refractivity contribution in [2.45, 2.75) is 49.2 Å². The van der Waals surface area contributed by atoms with Crippen molar-refractivity contribution >= 4 is 11.8 Å². The third-order valence-electron chi connectivity index (χ3n) is 3.70. The first-order valence-electron chi connectivity index (χ1n) is 6.73. The summed E-state index contributed by atoms with van der Waals surface area (Å²) < 4.78 is 0. The highest BCUT2D eigenvalue weighted by molar-refractivity contribution is 8.00. The number of hydrogen-bond acceptors (Lipinski definition) is 2. The molecule has 2 rings (SSSR count). The van der Waals surface area contributed by atoms with Gasteiger partial charge < -0.3 is 5.73 Å². The van der Waals surface area contributed by atoms with Gasteiger partial charge in [0.25, 0.3) is 0 Å². The van der Waals surface area contributed by atoms with Gasteiger partial charge in [-0.25, -0.2) is 0 Å². The van der Waals surface area contributed by atoms with Crippen molar-refractivity contribution in [1.29, 1.82) is 0 Å². The minimum atomic E-state index is 0.712. The van der Waals surface area contributed by atoms with E-state index in [1.165, 1.54) is 42.6 Å². The van der Waals surface area contributed by atoms with Crippen LogP contribution < -0.4 is 5.73 Å². The molecule has 0 heterocycles. The molecule has 2 heteroatoms. The normalized spacial score (nSPS) is 25.5. The average molecular weight is 249 g/mol. The summed E-state index contributed by atoms with van der Waals surface area (Å²) in [5.74, 6) is 0.712. The molecule has 1 aliphatic carbocycles. The molecule has 2 N–H and O–H groups in total. The molecule has 0 aromatic heterocycles. The number of thioether (sulfide) groups is 1. The van der Waals surface area contributed by atoms with E-state index in [9.17, 15) is 0 Å². The van der Waals surface area contributed by atoms with Gasteiger partial charge in [0.2, 0.25) is 0 Å². The van der Waals surface area contributed by atoms with Crippen LogP contribution in [-0.2, 0) is 0 Å². The van der Waals surface area contributed by atoms with Crippen LogP contribution in [-0.4, -0.2) is 11.8 Å². The van der Waals surface area contributed by atoms with Gasteiger partial charge in [-0.1, -0.05) is 37.0 Å². The number of aryl methyl sites for hydroxylation is 1. The lowest BCUT2D eigenvalue weighted by Crippen LogP contribution is -2.24. The summed E-state index contributed by atoms with van der Waals surface area (Å²) in [5.41, 5.74) is 7.27. The smallest absolute Gasteiger partial charge is 0.0135 e. The summed E-state index contributed by atoms with van der Waals surface area (Å²) in [4.78, 5) is 1.40. The Bertz CT molecular complexity index is 333. The van der Waals surface area contributed by atoms with Crippen LogP contribution in [0.25, 0.3) is 0 Å². The van der Waals surface area contributed by atoms with E-state index in [2.05, 4.69) is 31.2 Å². The molecule has 94 valence electrons. The largest absolute Gasteiger partial charge is 0.330 e. The quantitative estimate of drug-likeness (QED) is 0.820. The van der Waals surface area contributed by atoms with Crippen molar-refractivity contribution in [3.8, 4) is 0 Å². The van der Waals surface area contributed by atoms with Crippen LogP contribution >= 0.6 is 11.8 Å². The number of nitrogens with two attached hydrogens (primary N) is 1. The van der Waals surface area contributed by atoms with E-state index >= 15 is 0 Å². The molecule has 0 amide bonds. The van der Waals surface area contributed by atoms with Crippen LogP contribution in [0.4, 0.5) is 0 Å². The molecule has 0 aliphatic heterocycles. The first-order chi connectivity index (χ1) is 8.29. The van der Waals surface area contributed by atoms with Gasteiger partial charge in [-0.2, -0.15) is 0 Å². The fourth-order valence-electron chi connectivity index (χ4n) is 2.57. The molecule has 0 saturated heterocycles. The van der Waals surface area contributed by atoms with E-state index in [1.54, 1.807) is 0 Å². The van der Waals surface area contributed by atoms with Gasteiger partial charge >= 0.3 is 0 Å². The van der Waals surface area contributed by atoms with E-state index in [4.69, 9.17) is 5.73 Å². The Balaban J connectivity index is 2.01. The lowest BCUT2D eigenvalue weighted by atomic mass is 10.0. The van der Waals surface area contributed by atoms with Crippen LogP contribution in [0.15, 0.2) is 29.2 Å². The fraction of sp³-hybridized carbons (Fsp3) is 0.600. The maximum absolute atomic E-state index is 5.93. The summed E-state index contributed by atoms with van der Waals surface area (Å²) in [6.45, 7) is 2.99. The SMILES string of the molecule is Cc1ccc(SC2CCCCCC2CN)cc1. The maximum atomic E-state index is 5.93. The molecular formula is C15H23NS. The van der Waals surface area contributed by atoms with Gasteiger partial charge in [0, 0.05) is 10.1 Å². The molecular weight excluding hydrogens is 226 g/mol. The zero-order valence-corrected chi connectivity index (χ0v) is 11.5. The molecule has 0 bridgehead atoms. The number of rotatable bonds is 3. The van der Waals surface area contributed by atoms with E-state index in [0.29, 0.717) is 5.92 Å². The van der Waals surface area contributed by atoms with Crippen LogP contribution in [0.5, 0.6) is 0 Å². The van der Waals surface area contributed by atoms with Gasteiger partial charge in [-0.05, 0) is 44.4 Å². The van der Waals surface area contributed by atoms with E-state index in [1.807, 2.05) is 11.8 Å². The van der Waals surface area contributed by atoms with Crippen molar-refractivity contribution in [3.63, 3.8) is 0 Å². The molecule has 2 atom stereocenters. The summed E-state index contributed by atoms with van der Waals surface area (Å²) in [6.07, 6.45) is 6.79. The average Bonchev–Trinajstić information content (AvgIpc) is 2.57. The van der Waals surface area contributed by atoms with Gasteiger partial charge in [-0.15, -0.1) is 11.8 Å². The molecule has 2 unspecified atom stereocenters. The summed E-state index contributed by atoms with van der Waals surface area (Å²) in [7, 11) is 0. The van der Waals surface area contributed by atoms with Gasteiger partial charge in [0.1, 0.15) is 0 Å². The summed E-state index contributed by atoms with van der Waals surface area (Å²) >= 11 is 2.04. The van der Waals surface area contributed by atoms with E-state index in [-0.39, 0.29) is 0 Å². The minimum Gasteiger partial charge on any atom is -0.330 e. The van der Waals surface area contributed by atoms with Crippen molar-refractivity contribution in [2.75, 3.05) is 6.54 Å². The Kier molecular flexibility index (Phi) is 4.93. The third kappa shape index (κ3) is 3.75. The van der Waals surface area contributed by atoms with Crippen molar-refractivity contribution < 1.29 is 0 Å². The predicted molar refractivity (Wildman–Crippen MR) is 76.5 cm³/mol. The maximum Gasteiger partial charge on any atom is 0.0135 e. The zero-order chi connectivity index (χ0) is 12.1. The Hall–Kier alpha value is -0.470. The van der Waals surface area contributed by atoms with Crippen LogP contribution in [0, 0.1) is 12.8 Å². The Morgan fingerprint density at radius 1 is 1.12 bits per heavy atom. The molecule has 1 aromatic rings. The van der Waals surface area contributed by atoms with Crippen LogP contribution in [0.1, 0.15) is 37.7 Å².